The Kier molecular flexibility index (Phi) is 5.17. The SMILES string of the molecule is O=C(Nc1ccc(C23CC4CC(CC(C4)C2)C3)cc1Cl)N1CCN(C(=O)c2ccco2)CC1. The van der Waals surface area contributed by atoms with Gasteiger partial charge in [0.2, 0.25) is 0 Å². The van der Waals surface area contributed by atoms with Gasteiger partial charge in [-0.05, 0) is 91.5 Å². The van der Waals surface area contributed by atoms with E-state index in [1.165, 1.54) is 50.4 Å². The third-order valence-electron chi connectivity index (χ3n) is 8.45. The molecule has 174 valence electrons. The summed E-state index contributed by atoms with van der Waals surface area (Å²) in [7, 11) is 0. The van der Waals surface area contributed by atoms with Gasteiger partial charge in [-0.15, -0.1) is 0 Å². The number of carbonyl (C=O) groups excluding carboxylic acids is 2. The maximum atomic E-state index is 12.9. The first-order valence-electron chi connectivity index (χ1n) is 12.2. The molecule has 1 aromatic carbocycles. The van der Waals surface area contributed by atoms with Gasteiger partial charge < -0.3 is 19.5 Å². The van der Waals surface area contributed by atoms with E-state index < -0.39 is 0 Å². The van der Waals surface area contributed by atoms with Crippen LogP contribution < -0.4 is 5.32 Å². The minimum atomic E-state index is -0.176. The van der Waals surface area contributed by atoms with Crippen molar-refractivity contribution in [1.82, 2.24) is 9.80 Å². The van der Waals surface area contributed by atoms with Crippen molar-refractivity contribution in [2.45, 2.75) is 43.9 Å². The molecule has 0 spiro atoms. The number of benzene rings is 1. The van der Waals surface area contributed by atoms with Crippen LogP contribution in [0.25, 0.3) is 0 Å². The summed E-state index contributed by atoms with van der Waals surface area (Å²) in [5, 5.41) is 3.60. The molecular formula is C26H30ClN3O3. The van der Waals surface area contributed by atoms with E-state index in [1.807, 2.05) is 6.07 Å². The van der Waals surface area contributed by atoms with E-state index >= 15 is 0 Å². The second-order valence-corrected chi connectivity index (χ2v) is 11.0. The first kappa shape index (κ1) is 21.1. The summed E-state index contributed by atoms with van der Waals surface area (Å²) in [5.41, 5.74) is 2.30. The summed E-state index contributed by atoms with van der Waals surface area (Å²) < 4.78 is 5.20. The molecule has 2 heterocycles. The van der Waals surface area contributed by atoms with E-state index in [0.29, 0.717) is 42.6 Å². The second-order valence-electron chi connectivity index (χ2n) is 10.6. The van der Waals surface area contributed by atoms with Crippen molar-refractivity contribution < 1.29 is 14.0 Å². The number of rotatable bonds is 3. The maximum absolute atomic E-state index is 12.9. The molecule has 1 aromatic heterocycles. The molecule has 4 bridgehead atoms. The van der Waals surface area contributed by atoms with Crippen molar-refractivity contribution in [3.8, 4) is 0 Å². The lowest BCUT2D eigenvalue weighted by Gasteiger charge is -2.57. The molecule has 7 heteroatoms. The van der Waals surface area contributed by atoms with Crippen molar-refractivity contribution in [3.63, 3.8) is 0 Å². The molecular weight excluding hydrogens is 438 g/mol. The summed E-state index contributed by atoms with van der Waals surface area (Å²) in [4.78, 5) is 28.7. The second kappa shape index (κ2) is 8.08. The number of nitrogens with zero attached hydrogens (tertiary/aromatic N) is 2. The highest BCUT2D eigenvalue weighted by molar-refractivity contribution is 6.33. The molecule has 2 aromatic rings. The van der Waals surface area contributed by atoms with Crippen LogP contribution >= 0.6 is 11.6 Å². The van der Waals surface area contributed by atoms with Gasteiger partial charge in [0, 0.05) is 26.2 Å². The van der Waals surface area contributed by atoms with Crippen LogP contribution in [0.4, 0.5) is 10.5 Å². The highest BCUT2D eigenvalue weighted by Gasteiger charge is 2.51. The topological polar surface area (TPSA) is 65.8 Å². The van der Waals surface area contributed by atoms with Gasteiger partial charge in [-0.1, -0.05) is 17.7 Å². The van der Waals surface area contributed by atoms with E-state index in [1.54, 1.807) is 21.9 Å². The molecule has 0 unspecified atom stereocenters. The van der Waals surface area contributed by atoms with Crippen molar-refractivity contribution in [2.24, 2.45) is 17.8 Å². The molecule has 5 fully saturated rings. The fraction of sp³-hybridized carbons (Fsp3) is 0.538. The molecule has 7 rings (SSSR count). The molecule has 4 aliphatic carbocycles. The van der Waals surface area contributed by atoms with Gasteiger partial charge in [0.1, 0.15) is 0 Å². The normalized spacial score (nSPS) is 30.5. The van der Waals surface area contributed by atoms with Crippen LogP contribution in [-0.4, -0.2) is 47.9 Å². The Morgan fingerprint density at radius 1 is 0.939 bits per heavy atom. The Hall–Kier alpha value is -2.47. The van der Waals surface area contributed by atoms with Gasteiger partial charge in [-0.25, -0.2) is 4.79 Å². The number of halogens is 1. The minimum absolute atomic E-state index is 0.136. The van der Waals surface area contributed by atoms with E-state index in [-0.39, 0.29) is 17.4 Å². The number of piperazine rings is 1. The van der Waals surface area contributed by atoms with E-state index in [2.05, 4.69) is 17.4 Å². The Labute approximate surface area is 199 Å². The summed E-state index contributed by atoms with van der Waals surface area (Å²) in [6, 6.07) is 9.46. The highest BCUT2D eigenvalue weighted by atomic mass is 35.5. The Bertz CT molecular complexity index is 1020. The molecule has 6 nitrogen and oxygen atoms in total. The zero-order valence-corrected chi connectivity index (χ0v) is 19.5. The summed E-state index contributed by atoms with van der Waals surface area (Å²) >= 11 is 6.68. The van der Waals surface area contributed by atoms with Crippen molar-refractivity contribution in [2.75, 3.05) is 31.5 Å². The highest BCUT2D eigenvalue weighted by Crippen LogP contribution is 2.61. The lowest BCUT2D eigenvalue weighted by molar-refractivity contribution is -0.00517. The zero-order valence-electron chi connectivity index (χ0n) is 18.8. The molecule has 1 aliphatic heterocycles. The standard InChI is InChI=1S/C26H30ClN3O3/c27-21-13-20(26-14-17-10-18(15-26)12-19(11-17)16-26)3-4-22(21)28-25(32)30-7-5-29(6-8-30)24(31)23-2-1-9-33-23/h1-4,9,13,17-19H,5-8,10-12,14-16H2,(H,28,32). The van der Waals surface area contributed by atoms with Crippen LogP contribution in [0.5, 0.6) is 0 Å². The van der Waals surface area contributed by atoms with Gasteiger partial charge in [0.15, 0.2) is 5.76 Å². The van der Waals surface area contributed by atoms with Crippen LogP contribution in [0, 0.1) is 17.8 Å². The first-order valence-corrected chi connectivity index (χ1v) is 12.6. The molecule has 0 atom stereocenters. The Balaban J connectivity index is 1.09. The minimum Gasteiger partial charge on any atom is -0.459 e. The Morgan fingerprint density at radius 2 is 1.58 bits per heavy atom. The smallest absolute Gasteiger partial charge is 0.322 e. The van der Waals surface area contributed by atoms with Crippen LogP contribution in [0.3, 0.4) is 0 Å². The molecule has 1 N–H and O–H groups in total. The fourth-order valence-electron chi connectivity index (χ4n) is 7.27. The predicted molar refractivity (Wildman–Crippen MR) is 127 cm³/mol. The number of urea groups is 1. The van der Waals surface area contributed by atoms with Crippen LogP contribution in [0.1, 0.15) is 54.6 Å². The quantitative estimate of drug-likeness (QED) is 0.658. The summed E-state index contributed by atoms with van der Waals surface area (Å²) in [6.07, 6.45) is 9.63. The molecule has 33 heavy (non-hydrogen) atoms. The first-order chi connectivity index (χ1) is 16.0. The third kappa shape index (κ3) is 3.82. The number of anilines is 1. The lowest BCUT2D eigenvalue weighted by Crippen LogP contribution is -2.51. The number of hydrogen-bond donors (Lipinski definition) is 1. The molecule has 3 amide bonds. The van der Waals surface area contributed by atoms with E-state index in [0.717, 1.165) is 17.8 Å². The van der Waals surface area contributed by atoms with Gasteiger partial charge in [-0.2, -0.15) is 0 Å². The van der Waals surface area contributed by atoms with E-state index in [4.69, 9.17) is 16.0 Å². The van der Waals surface area contributed by atoms with E-state index in [9.17, 15) is 9.59 Å². The number of amides is 3. The van der Waals surface area contributed by atoms with Gasteiger partial charge in [0.05, 0.1) is 17.0 Å². The van der Waals surface area contributed by atoms with Gasteiger partial charge >= 0.3 is 6.03 Å². The third-order valence-corrected chi connectivity index (χ3v) is 8.76. The number of hydrogen-bond acceptors (Lipinski definition) is 3. The average Bonchev–Trinajstić information content (AvgIpc) is 3.34. The predicted octanol–water partition coefficient (Wildman–Crippen LogP) is 5.39. The summed E-state index contributed by atoms with van der Waals surface area (Å²) in [6.45, 7) is 1.90. The summed E-state index contributed by atoms with van der Waals surface area (Å²) in [5.74, 6) is 2.84. The molecule has 4 saturated carbocycles. The molecule has 0 radical (unpaired) electrons. The van der Waals surface area contributed by atoms with Gasteiger partial charge in [0.25, 0.3) is 5.91 Å². The van der Waals surface area contributed by atoms with Crippen LogP contribution in [-0.2, 0) is 5.41 Å². The number of nitrogens with one attached hydrogen (secondary N) is 1. The number of carbonyl (C=O) groups is 2. The lowest BCUT2D eigenvalue weighted by atomic mass is 9.48. The maximum Gasteiger partial charge on any atom is 0.322 e. The molecule has 5 aliphatic rings. The fourth-order valence-corrected chi connectivity index (χ4v) is 7.50. The number of furan rings is 1. The average molecular weight is 468 g/mol. The van der Waals surface area contributed by atoms with Crippen molar-refractivity contribution in [1.29, 1.82) is 0 Å². The molecule has 1 saturated heterocycles. The largest absolute Gasteiger partial charge is 0.459 e. The monoisotopic (exact) mass is 467 g/mol. The van der Waals surface area contributed by atoms with Crippen molar-refractivity contribution in [3.05, 3.63) is 52.9 Å². The van der Waals surface area contributed by atoms with Gasteiger partial charge in [-0.3, -0.25) is 4.79 Å². The zero-order chi connectivity index (χ0) is 22.6. The van der Waals surface area contributed by atoms with Crippen LogP contribution in [0.2, 0.25) is 5.02 Å². The van der Waals surface area contributed by atoms with Crippen molar-refractivity contribution >= 4 is 29.2 Å². The Morgan fingerprint density at radius 3 is 2.15 bits per heavy atom. The van der Waals surface area contributed by atoms with Crippen LogP contribution in [0.15, 0.2) is 41.0 Å².